The Hall–Kier alpha value is -2.81. The lowest BCUT2D eigenvalue weighted by Gasteiger charge is -2.08. The van der Waals surface area contributed by atoms with Crippen molar-refractivity contribution in [2.45, 2.75) is 13.8 Å². The van der Waals surface area contributed by atoms with E-state index < -0.39 is 0 Å². The van der Waals surface area contributed by atoms with Gasteiger partial charge in [0.2, 0.25) is 0 Å². The van der Waals surface area contributed by atoms with Crippen molar-refractivity contribution >= 4 is 5.97 Å². The lowest BCUT2D eigenvalue weighted by atomic mass is 9.98. The normalized spacial score (nSPS) is 10.5. The van der Waals surface area contributed by atoms with Crippen LogP contribution in [0.4, 0.5) is 0 Å². The maximum Gasteiger partial charge on any atom is 0.340 e. The number of aryl methyl sites for hydroxylation is 1. The van der Waals surface area contributed by atoms with Crippen LogP contribution in [-0.2, 0) is 4.74 Å². The Labute approximate surface area is 135 Å². The Morgan fingerprint density at radius 3 is 2.09 bits per heavy atom. The summed E-state index contributed by atoms with van der Waals surface area (Å²) in [6.07, 6.45) is 0. The van der Waals surface area contributed by atoms with Crippen LogP contribution in [0.2, 0.25) is 0 Å². The van der Waals surface area contributed by atoms with Gasteiger partial charge >= 0.3 is 5.97 Å². The van der Waals surface area contributed by atoms with E-state index in [1.807, 2.05) is 74.5 Å². The van der Waals surface area contributed by atoms with Gasteiger partial charge in [0.15, 0.2) is 0 Å². The van der Waals surface area contributed by atoms with E-state index in [1.54, 1.807) is 0 Å². The Bertz CT molecular complexity index is 804. The molecule has 0 saturated heterocycles. The van der Waals surface area contributed by atoms with Crippen LogP contribution in [0.1, 0.15) is 23.0 Å². The van der Waals surface area contributed by atoms with Gasteiger partial charge < -0.3 is 9.72 Å². The highest BCUT2D eigenvalue weighted by atomic mass is 16.5. The molecule has 3 rings (SSSR count). The number of hydrogen-bond donors (Lipinski definition) is 1. The molecule has 0 spiro atoms. The number of benzene rings is 2. The monoisotopic (exact) mass is 305 g/mol. The van der Waals surface area contributed by atoms with Gasteiger partial charge in [-0.25, -0.2) is 4.79 Å². The van der Waals surface area contributed by atoms with Gasteiger partial charge in [-0.05, 0) is 25.0 Å². The highest BCUT2D eigenvalue weighted by Crippen LogP contribution is 2.35. The van der Waals surface area contributed by atoms with E-state index in [9.17, 15) is 4.79 Å². The smallest absolute Gasteiger partial charge is 0.340 e. The van der Waals surface area contributed by atoms with E-state index in [4.69, 9.17) is 4.74 Å². The molecule has 0 unspecified atom stereocenters. The standard InChI is InChI=1S/C20H19NO2/c1-3-23-20(22)18-17(15-10-6-4-7-11-15)14(2)21-19(18)16-12-8-5-9-13-16/h4-13,21H,3H2,1-2H3. The van der Waals surface area contributed by atoms with Crippen molar-refractivity contribution in [3.05, 3.63) is 71.9 Å². The Kier molecular flexibility index (Phi) is 4.29. The fourth-order valence-corrected chi connectivity index (χ4v) is 2.82. The van der Waals surface area contributed by atoms with Crippen molar-refractivity contribution in [2.75, 3.05) is 6.61 Å². The van der Waals surface area contributed by atoms with Crippen LogP contribution in [0.3, 0.4) is 0 Å². The van der Waals surface area contributed by atoms with Crippen LogP contribution >= 0.6 is 0 Å². The lowest BCUT2D eigenvalue weighted by Crippen LogP contribution is -2.06. The predicted octanol–water partition coefficient (Wildman–Crippen LogP) is 4.83. The molecule has 23 heavy (non-hydrogen) atoms. The minimum Gasteiger partial charge on any atom is -0.462 e. The van der Waals surface area contributed by atoms with Crippen LogP contribution in [0.5, 0.6) is 0 Å². The molecule has 1 N–H and O–H groups in total. The number of H-pyrrole nitrogens is 1. The zero-order valence-corrected chi connectivity index (χ0v) is 13.3. The van der Waals surface area contributed by atoms with Crippen LogP contribution in [0.25, 0.3) is 22.4 Å². The highest BCUT2D eigenvalue weighted by Gasteiger charge is 2.24. The summed E-state index contributed by atoms with van der Waals surface area (Å²) >= 11 is 0. The molecule has 3 nitrogen and oxygen atoms in total. The fraction of sp³-hybridized carbons (Fsp3) is 0.150. The van der Waals surface area contributed by atoms with E-state index in [0.717, 1.165) is 28.1 Å². The van der Waals surface area contributed by atoms with Gasteiger partial charge in [-0.1, -0.05) is 60.7 Å². The van der Waals surface area contributed by atoms with Gasteiger partial charge in [0, 0.05) is 11.3 Å². The quantitative estimate of drug-likeness (QED) is 0.701. The average Bonchev–Trinajstić information content (AvgIpc) is 2.94. The van der Waals surface area contributed by atoms with Crippen molar-refractivity contribution in [1.29, 1.82) is 0 Å². The molecule has 0 fully saturated rings. The Morgan fingerprint density at radius 2 is 1.52 bits per heavy atom. The molecule has 0 saturated carbocycles. The minimum atomic E-state index is -0.297. The van der Waals surface area contributed by atoms with Crippen molar-refractivity contribution in [3.8, 4) is 22.4 Å². The number of esters is 1. The summed E-state index contributed by atoms with van der Waals surface area (Å²) in [7, 11) is 0. The number of hydrogen-bond acceptors (Lipinski definition) is 2. The number of rotatable bonds is 4. The molecule has 0 aliphatic rings. The number of carbonyl (C=O) groups is 1. The molecule has 0 radical (unpaired) electrons. The van der Waals surface area contributed by atoms with E-state index in [0.29, 0.717) is 12.2 Å². The molecule has 0 atom stereocenters. The summed E-state index contributed by atoms with van der Waals surface area (Å²) in [4.78, 5) is 16.0. The number of ether oxygens (including phenoxy) is 1. The van der Waals surface area contributed by atoms with E-state index in [-0.39, 0.29) is 5.97 Å². The molecule has 0 aliphatic carbocycles. The summed E-state index contributed by atoms with van der Waals surface area (Å²) < 4.78 is 5.31. The van der Waals surface area contributed by atoms with Crippen molar-refractivity contribution in [2.24, 2.45) is 0 Å². The maximum absolute atomic E-state index is 12.6. The molecular formula is C20H19NO2. The third-order valence-corrected chi connectivity index (χ3v) is 3.79. The summed E-state index contributed by atoms with van der Waals surface area (Å²) in [5, 5.41) is 0. The van der Waals surface area contributed by atoms with Gasteiger partial charge in [0.25, 0.3) is 0 Å². The summed E-state index contributed by atoms with van der Waals surface area (Å²) in [6.45, 7) is 4.16. The Morgan fingerprint density at radius 1 is 0.957 bits per heavy atom. The molecule has 116 valence electrons. The first-order valence-corrected chi connectivity index (χ1v) is 7.73. The van der Waals surface area contributed by atoms with E-state index in [2.05, 4.69) is 4.98 Å². The van der Waals surface area contributed by atoms with Crippen LogP contribution in [0, 0.1) is 6.92 Å². The maximum atomic E-state index is 12.6. The zero-order chi connectivity index (χ0) is 16.2. The highest BCUT2D eigenvalue weighted by molar-refractivity contribution is 6.04. The molecule has 2 aromatic carbocycles. The molecule has 1 heterocycles. The van der Waals surface area contributed by atoms with Crippen molar-refractivity contribution in [1.82, 2.24) is 4.98 Å². The number of nitrogens with one attached hydrogen (secondary N) is 1. The van der Waals surface area contributed by atoms with Crippen LogP contribution < -0.4 is 0 Å². The summed E-state index contributed by atoms with van der Waals surface area (Å²) in [5.41, 5.74) is 5.25. The third-order valence-electron chi connectivity index (χ3n) is 3.79. The lowest BCUT2D eigenvalue weighted by molar-refractivity contribution is 0.0528. The Balaban J connectivity index is 2.24. The van der Waals surface area contributed by atoms with Gasteiger partial charge in [0.05, 0.1) is 17.9 Å². The van der Waals surface area contributed by atoms with Gasteiger partial charge in [-0.3, -0.25) is 0 Å². The molecular weight excluding hydrogens is 286 g/mol. The molecule has 0 bridgehead atoms. The first-order chi connectivity index (χ1) is 11.2. The van der Waals surface area contributed by atoms with Crippen LogP contribution in [0.15, 0.2) is 60.7 Å². The zero-order valence-electron chi connectivity index (χ0n) is 13.3. The van der Waals surface area contributed by atoms with Gasteiger partial charge in [-0.15, -0.1) is 0 Å². The first kappa shape index (κ1) is 15.1. The minimum absolute atomic E-state index is 0.297. The van der Waals surface area contributed by atoms with Crippen molar-refractivity contribution in [3.63, 3.8) is 0 Å². The first-order valence-electron chi connectivity index (χ1n) is 7.73. The molecule has 3 aromatic rings. The van der Waals surface area contributed by atoms with Gasteiger partial charge in [0.1, 0.15) is 0 Å². The van der Waals surface area contributed by atoms with Crippen molar-refractivity contribution < 1.29 is 9.53 Å². The molecule has 0 amide bonds. The largest absolute Gasteiger partial charge is 0.462 e. The second-order valence-electron chi connectivity index (χ2n) is 5.33. The second kappa shape index (κ2) is 6.53. The molecule has 0 aliphatic heterocycles. The summed E-state index contributed by atoms with van der Waals surface area (Å²) in [5.74, 6) is -0.297. The number of aromatic amines is 1. The van der Waals surface area contributed by atoms with E-state index >= 15 is 0 Å². The van der Waals surface area contributed by atoms with E-state index in [1.165, 1.54) is 0 Å². The summed E-state index contributed by atoms with van der Waals surface area (Å²) in [6, 6.07) is 19.8. The third kappa shape index (κ3) is 2.90. The van der Waals surface area contributed by atoms with Gasteiger partial charge in [-0.2, -0.15) is 0 Å². The topological polar surface area (TPSA) is 42.1 Å². The molecule has 1 aromatic heterocycles. The average molecular weight is 305 g/mol. The number of carbonyl (C=O) groups excluding carboxylic acids is 1. The SMILES string of the molecule is CCOC(=O)c1c(-c2ccccc2)[nH]c(C)c1-c1ccccc1. The second-order valence-corrected chi connectivity index (χ2v) is 5.33. The van der Waals surface area contributed by atoms with Crippen LogP contribution in [-0.4, -0.2) is 17.6 Å². The fourth-order valence-electron chi connectivity index (χ4n) is 2.82. The molecule has 3 heteroatoms. The number of aromatic nitrogens is 1. The predicted molar refractivity (Wildman–Crippen MR) is 92.4 cm³/mol.